The average molecular weight is 447 g/mol. The van der Waals surface area contributed by atoms with E-state index in [0.29, 0.717) is 30.1 Å². The molecule has 7 heteroatoms. The van der Waals surface area contributed by atoms with E-state index in [1.165, 1.54) is 0 Å². The van der Waals surface area contributed by atoms with Crippen molar-refractivity contribution >= 4 is 23.1 Å². The Bertz CT molecular complexity index is 1230. The number of Topliss-reactive ketones (excluding diaryl/α,β-unsaturated/α-hetero) is 1. The number of fused-ring (bicyclic) bond motifs is 1. The second-order valence-electron chi connectivity index (χ2n) is 8.36. The van der Waals surface area contributed by atoms with Crippen LogP contribution in [0.5, 0.6) is 0 Å². The first-order valence-electron chi connectivity index (χ1n) is 11.4. The Balaban J connectivity index is 1.86. The third kappa shape index (κ3) is 3.93. The van der Waals surface area contributed by atoms with Gasteiger partial charge in [0.25, 0.3) is 11.7 Å². The fraction of sp³-hybridized carbons (Fsp3) is 0.346. The molecule has 1 aliphatic rings. The maximum Gasteiger partial charge on any atom is 0.295 e. The molecule has 0 spiro atoms. The van der Waals surface area contributed by atoms with Crippen molar-refractivity contribution in [3.05, 3.63) is 76.7 Å². The minimum Gasteiger partial charge on any atom is -0.505 e. The number of rotatable bonds is 7. The summed E-state index contributed by atoms with van der Waals surface area (Å²) in [6.45, 7) is 10.7. The van der Waals surface area contributed by atoms with Crippen LogP contribution in [0.3, 0.4) is 0 Å². The van der Waals surface area contributed by atoms with Gasteiger partial charge in [0.1, 0.15) is 11.3 Å². The number of aliphatic hydroxyl groups is 1. The van der Waals surface area contributed by atoms with Crippen LogP contribution in [0.15, 0.2) is 54.2 Å². The van der Waals surface area contributed by atoms with E-state index in [-0.39, 0.29) is 11.3 Å². The van der Waals surface area contributed by atoms with E-state index in [9.17, 15) is 14.7 Å². The molecule has 172 valence electrons. The largest absolute Gasteiger partial charge is 0.505 e. The van der Waals surface area contributed by atoms with Crippen LogP contribution >= 0.6 is 0 Å². The minimum atomic E-state index is -0.672. The number of hydrogen-bond donors (Lipinski definition) is 1. The van der Waals surface area contributed by atoms with Gasteiger partial charge in [0.05, 0.1) is 17.3 Å². The maximum atomic E-state index is 13.2. The molecule has 1 fully saturated rings. The first kappa shape index (κ1) is 22.7. The fourth-order valence-corrected chi connectivity index (χ4v) is 4.56. The summed E-state index contributed by atoms with van der Waals surface area (Å²) in [4.78, 5) is 34.8. The minimum absolute atomic E-state index is 0.0925. The Kier molecular flexibility index (Phi) is 6.33. The Morgan fingerprint density at radius 2 is 1.76 bits per heavy atom. The summed E-state index contributed by atoms with van der Waals surface area (Å²) in [7, 11) is 0. The van der Waals surface area contributed by atoms with E-state index in [0.717, 1.165) is 24.2 Å². The zero-order chi connectivity index (χ0) is 23.7. The number of likely N-dealkylation sites (tertiary alicyclic amines) is 1. The van der Waals surface area contributed by atoms with Crippen molar-refractivity contribution in [3.8, 4) is 0 Å². The summed E-state index contributed by atoms with van der Waals surface area (Å²) in [5.74, 6) is -1.49. The van der Waals surface area contributed by atoms with Gasteiger partial charge >= 0.3 is 0 Å². The Morgan fingerprint density at radius 3 is 2.39 bits per heavy atom. The third-order valence-corrected chi connectivity index (χ3v) is 6.52. The summed E-state index contributed by atoms with van der Waals surface area (Å²) in [6, 6.07) is 12.6. The van der Waals surface area contributed by atoms with Gasteiger partial charge in [0.15, 0.2) is 5.76 Å². The van der Waals surface area contributed by atoms with Crippen LogP contribution in [0, 0.1) is 13.8 Å². The van der Waals surface area contributed by atoms with Crippen LogP contribution in [0.1, 0.15) is 42.4 Å². The molecule has 1 N–H and O–H groups in total. The molecule has 33 heavy (non-hydrogen) atoms. The van der Waals surface area contributed by atoms with Crippen LogP contribution < -0.4 is 0 Å². The van der Waals surface area contributed by atoms with Gasteiger partial charge in [-0.25, -0.2) is 4.98 Å². The lowest BCUT2D eigenvalue weighted by Crippen LogP contribution is -2.38. The Morgan fingerprint density at radius 1 is 1.06 bits per heavy atom. The lowest BCUT2D eigenvalue weighted by molar-refractivity contribution is -0.140. The van der Waals surface area contributed by atoms with Gasteiger partial charge in [0, 0.05) is 19.3 Å². The third-order valence-electron chi connectivity index (χ3n) is 6.52. The predicted molar refractivity (Wildman–Crippen MR) is 128 cm³/mol. The van der Waals surface area contributed by atoms with Gasteiger partial charge in [-0.1, -0.05) is 50.2 Å². The number of ketones is 1. The summed E-state index contributed by atoms with van der Waals surface area (Å²) >= 11 is 0. The molecular formula is C26H30N4O3. The van der Waals surface area contributed by atoms with E-state index in [4.69, 9.17) is 0 Å². The first-order valence-corrected chi connectivity index (χ1v) is 11.4. The van der Waals surface area contributed by atoms with Crippen LogP contribution in [0.4, 0.5) is 0 Å². The molecular weight excluding hydrogens is 416 g/mol. The van der Waals surface area contributed by atoms with Crippen molar-refractivity contribution in [1.29, 1.82) is 0 Å². The molecule has 3 aromatic rings. The summed E-state index contributed by atoms with van der Waals surface area (Å²) in [5, 5.41) is 11.4. The zero-order valence-electron chi connectivity index (χ0n) is 19.6. The molecule has 2 aromatic heterocycles. The zero-order valence-corrected chi connectivity index (χ0v) is 19.6. The van der Waals surface area contributed by atoms with Crippen LogP contribution in [-0.2, 0) is 9.59 Å². The summed E-state index contributed by atoms with van der Waals surface area (Å²) in [6.07, 6.45) is 1.87. The topological polar surface area (TPSA) is 78.2 Å². The standard InChI is InChI=1S/C26H30N4O3/c1-5-28(6-2)15-16-30-22(19-12-8-7-9-13-19)20(24(32)26(30)33)23(31)21-18(4)29-14-10-11-17(3)25(29)27-21/h7-14,22,31H,5-6,15-16H2,1-4H3. The van der Waals surface area contributed by atoms with E-state index in [1.807, 2.05) is 66.9 Å². The highest BCUT2D eigenvalue weighted by molar-refractivity contribution is 6.46. The summed E-state index contributed by atoms with van der Waals surface area (Å²) < 4.78 is 1.89. The highest BCUT2D eigenvalue weighted by Gasteiger charge is 2.46. The average Bonchev–Trinajstić information content (AvgIpc) is 3.30. The molecule has 0 radical (unpaired) electrons. The van der Waals surface area contributed by atoms with Gasteiger partial charge < -0.3 is 19.3 Å². The van der Waals surface area contributed by atoms with E-state index < -0.39 is 17.7 Å². The number of carbonyl (C=O) groups is 2. The molecule has 7 nitrogen and oxygen atoms in total. The van der Waals surface area contributed by atoms with E-state index in [2.05, 4.69) is 23.7 Å². The van der Waals surface area contributed by atoms with Crippen LogP contribution in [0.2, 0.25) is 0 Å². The molecule has 1 atom stereocenters. The Hall–Kier alpha value is -3.45. The molecule has 4 rings (SSSR count). The normalized spacial score (nSPS) is 18.1. The van der Waals surface area contributed by atoms with Crippen molar-refractivity contribution in [2.75, 3.05) is 26.2 Å². The van der Waals surface area contributed by atoms with Crippen molar-refractivity contribution in [1.82, 2.24) is 19.2 Å². The second kappa shape index (κ2) is 9.19. The number of hydrogen-bond acceptors (Lipinski definition) is 5. The van der Waals surface area contributed by atoms with Gasteiger partial charge in [0.2, 0.25) is 0 Å². The molecule has 0 aliphatic carbocycles. The maximum absolute atomic E-state index is 13.2. The number of carbonyl (C=O) groups excluding carboxylic acids is 2. The van der Waals surface area contributed by atoms with Gasteiger partial charge in [-0.05, 0) is 44.1 Å². The molecule has 1 aliphatic heterocycles. The number of pyridine rings is 1. The highest BCUT2D eigenvalue weighted by Crippen LogP contribution is 2.39. The molecule has 1 saturated heterocycles. The number of aliphatic hydroxyl groups excluding tert-OH is 1. The number of imidazole rings is 1. The lowest BCUT2D eigenvalue weighted by atomic mass is 9.96. The monoisotopic (exact) mass is 446 g/mol. The number of nitrogens with zero attached hydrogens (tertiary/aromatic N) is 4. The number of benzene rings is 1. The highest BCUT2D eigenvalue weighted by atomic mass is 16.3. The molecule has 0 bridgehead atoms. The summed E-state index contributed by atoms with van der Waals surface area (Å²) in [5.41, 5.74) is 3.59. The first-order chi connectivity index (χ1) is 15.9. The van der Waals surface area contributed by atoms with E-state index in [1.54, 1.807) is 4.90 Å². The predicted octanol–water partition coefficient (Wildman–Crippen LogP) is 3.71. The number of aromatic nitrogens is 2. The van der Waals surface area contributed by atoms with Crippen LogP contribution in [-0.4, -0.2) is 62.2 Å². The van der Waals surface area contributed by atoms with Crippen molar-refractivity contribution in [2.24, 2.45) is 0 Å². The van der Waals surface area contributed by atoms with Gasteiger partial charge in [-0.3, -0.25) is 9.59 Å². The van der Waals surface area contributed by atoms with Gasteiger partial charge in [-0.15, -0.1) is 0 Å². The van der Waals surface area contributed by atoms with Crippen molar-refractivity contribution < 1.29 is 14.7 Å². The molecule has 0 saturated carbocycles. The second-order valence-corrected chi connectivity index (χ2v) is 8.36. The molecule has 1 unspecified atom stereocenters. The smallest absolute Gasteiger partial charge is 0.295 e. The SMILES string of the molecule is CCN(CC)CCN1C(=O)C(=O)C(=C(O)c2nc3c(C)cccn3c2C)C1c1ccccc1. The quantitative estimate of drug-likeness (QED) is 0.340. The molecule has 1 aromatic carbocycles. The Labute approximate surface area is 194 Å². The molecule has 1 amide bonds. The van der Waals surface area contributed by atoms with E-state index >= 15 is 0 Å². The van der Waals surface area contributed by atoms with Crippen molar-refractivity contribution in [3.63, 3.8) is 0 Å². The van der Waals surface area contributed by atoms with Crippen LogP contribution in [0.25, 0.3) is 11.4 Å². The molecule has 3 heterocycles. The van der Waals surface area contributed by atoms with Crippen molar-refractivity contribution in [2.45, 2.75) is 33.7 Å². The fourth-order valence-electron chi connectivity index (χ4n) is 4.56. The number of amides is 1. The lowest BCUT2D eigenvalue weighted by Gasteiger charge is -2.28. The number of aryl methyl sites for hydroxylation is 2. The van der Waals surface area contributed by atoms with Gasteiger partial charge in [-0.2, -0.15) is 0 Å². The number of likely N-dealkylation sites (N-methyl/N-ethyl adjacent to an activating group) is 1.